The molecule has 2 aromatic heterocycles. The Morgan fingerprint density at radius 3 is 3.04 bits per heavy atom. The summed E-state index contributed by atoms with van der Waals surface area (Å²) in [6, 6.07) is 3.70. The fourth-order valence-electron chi connectivity index (χ4n) is 3.30. The average Bonchev–Trinajstić information content (AvgIpc) is 3.06. The van der Waals surface area contributed by atoms with Gasteiger partial charge in [0.1, 0.15) is 11.4 Å². The van der Waals surface area contributed by atoms with E-state index in [1.54, 1.807) is 6.20 Å². The molecule has 0 atom stereocenters. The van der Waals surface area contributed by atoms with Crippen molar-refractivity contribution in [2.45, 2.75) is 32.7 Å². The number of imide groups is 1. The molecule has 0 radical (unpaired) electrons. The molecule has 2 aromatic rings. The zero-order valence-corrected chi connectivity index (χ0v) is 15.3. The number of ether oxygens (including phenoxy) is 1. The van der Waals surface area contributed by atoms with E-state index in [0.717, 1.165) is 23.9 Å². The number of amides is 2. The summed E-state index contributed by atoms with van der Waals surface area (Å²) in [4.78, 5) is 28.1. The molecule has 0 aromatic carbocycles. The van der Waals surface area contributed by atoms with Crippen molar-refractivity contribution in [2.24, 2.45) is 0 Å². The number of allylic oxidation sites excluding steroid dienone is 2. The second kappa shape index (κ2) is 8.64. The molecule has 0 spiro atoms. The fourth-order valence-corrected chi connectivity index (χ4v) is 3.30. The van der Waals surface area contributed by atoms with Crippen LogP contribution in [0.25, 0.3) is 16.6 Å². The number of fused-ring (bicyclic) bond motifs is 1. The first kappa shape index (κ1) is 18.8. The quantitative estimate of drug-likeness (QED) is 0.576. The average molecular weight is 369 g/mol. The van der Waals surface area contributed by atoms with Gasteiger partial charge in [0.25, 0.3) is 5.91 Å². The number of carbonyl (C=O) groups excluding carboxylic acids is 2. The first-order valence-electron chi connectivity index (χ1n) is 9.01. The number of pyridine rings is 1. The van der Waals surface area contributed by atoms with Gasteiger partial charge in [0, 0.05) is 42.1 Å². The van der Waals surface area contributed by atoms with Gasteiger partial charge in [-0.1, -0.05) is 0 Å². The predicted octanol–water partition coefficient (Wildman–Crippen LogP) is 2.16. The molecule has 2 amide bonds. The van der Waals surface area contributed by atoms with Gasteiger partial charge >= 0.3 is 0 Å². The second-order valence-electron chi connectivity index (χ2n) is 6.34. The van der Waals surface area contributed by atoms with E-state index in [-0.39, 0.29) is 6.61 Å². The summed E-state index contributed by atoms with van der Waals surface area (Å²) in [6.07, 6.45) is 8.29. The molecule has 1 aliphatic rings. The van der Waals surface area contributed by atoms with Crippen LogP contribution in [0.1, 0.15) is 31.7 Å². The lowest BCUT2D eigenvalue weighted by Crippen LogP contribution is -2.24. The van der Waals surface area contributed by atoms with E-state index < -0.39 is 5.91 Å². The van der Waals surface area contributed by atoms with Gasteiger partial charge in [0.15, 0.2) is 0 Å². The van der Waals surface area contributed by atoms with Crippen molar-refractivity contribution in [3.05, 3.63) is 47.5 Å². The molecule has 0 saturated carbocycles. The molecule has 0 bridgehead atoms. The lowest BCUT2D eigenvalue weighted by molar-refractivity contribution is -0.121. The van der Waals surface area contributed by atoms with Crippen LogP contribution in [0.2, 0.25) is 0 Å². The summed E-state index contributed by atoms with van der Waals surface area (Å²) < 4.78 is 7.65. The first-order valence-corrected chi connectivity index (χ1v) is 9.01. The zero-order valence-electron chi connectivity index (χ0n) is 15.3. The molecule has 0 saturated heterocycles. The van der Waals surface area contributed by atoms with Crippen molar-refractivity contribution >= 4 is 28.9 Å². The number of nitrogens with zero attached hydrogens (tertiary/aromatic N) is 2. The minimum absolute atomic E-state index is 0.0654. The predicted molar refractivity (Wildman–Crippen MR) is 102 cm³/mol. The van der Waals surface area contributed by atoms with Crippen LogP contribution in [0.4, 0.5) is 0 Å². The topological polar surface area (TPSA) is 93.5 Å². The third kappa shape index (κ3) is 3.93. The number of aliphatic hydroxyl groups is 1. The Labute approximate surface area is 157 Å². The Balaban J connectivity index is 2.19. The number of aromatic nitrogens is 2. The number of aryl methyl sites for hydroxylation is 1. The standard InChI is InChI=1S/C20H23N3O4/c1-14(17-7-2-3-11-27-17)18(20(26)22-13-25)16-12-23(9-5-10-24)19-15(16)6-4-8-21-19/h4,6-8,12-13,24H,2-3,5,9-11H2,1H3,(H,22,25,26)/b18-14+. The lowest BCUT2D eigenvalue weighted by Gasteiger charge is -2.18. The van der Waals surface area contributed by atoms with Crippen LogP contribution in [0, 0.1) is 0 Å². The van der Waals surface area contributed by atoms with Gasteiger partial charge in [-0.2, -0.15) is 0 Å². The van der Waals surface area contributed by atoms with Crippen LogP contribution in [0.15, 0.2) is 41.9 Å². The van der Waals surface area contributed by atoms with Crippen molar-refractivity contribution in [1.82, 2.24) is 14.9 Å². The molecule has 0 aliphatic carbocycles. The largest absolute Gasteiger partial charge is 0.494 e. The fraction of sp³-hybridized carbons (Fsp3) is 0.350. The third-order valence-electron chi connectivity index (χ3n) is 4.56. The van der Waals surface area contributed by atoms with Gasteiger partial charge in [0.2, 0.25) is 6.41 Å². The van der Waals surface area contributed by atoms with Crippen LogP contribution < -0.4 is 5.32 Å². The maximum atomic E-state index is 12.7. The Morgan fingerprint density at radius 1 is 1.48 bits per heavy atom. The second-order valence-corrected chi connectivity index (χ2v) is 6.34. The van der Waals surface area contributed by atoms with E-state index in [1.807, 2.05) is 35.9 Å². The summed E-state index contributed by atoms with van der Waals surface area (Å²) in [7, 11) is 0. The van der Waals surface area contributed by atoms with Gasteiger partial charge in [-0.05, 0) is 44.4 Å². The third-order valence-corrected chi connectivity index (χ3v) is 4.56. The number of hydrogen-bond donors (Lipinski definition) is 2. The molecule has 1 aliphatic heterocycles. The summed E-state index contributed by atoms with van der Waals surface area (Å²) in [5, 5.41) is 12.2. The van der Waals surface area contributed by atoms with Crippen molar-refractivity contribution in [1.29, 1.82) is 0 Å². The Morgan fingerprint density at radius 2 is 2.33 bits per heavy atom. The maximum absolute atomic E-state index is 12.7. The molecular weight excluding hydrogens is 346 g/mol. The first-order chi connectivity index (χ1) is 13.2. The monoisotopic (exact) mass is 369 g/mol. The molecule has 0 fully saturated rings. The molecule has 7 heteroatoms. The lowest BCUT2D eigenvalue weighted by atomic mass is 9.97. The summed E-state index contributed by atoms with van der Waals surface area (Å²) in [5.74, 6) is 0.181. The maximum Gasteiger partial charge on any atom is 0.258 e. The van der Waals surface area contributed by atoms with Crippen molar-refractivity contribution in [2.75, 3.05) is 13.2 Å². The summed E-state index contributed by atoms with van der Waals surface area (Å²) in [6.45, 7) is 3.07. The van der Waals surface area contributed by atoms with E-state index >= 15 is 0 Å². The van der Waals surface area contributed by atoms with Gasteiger partial charge in [-0.25, -0.2) is 4.98 Å². The Kier molecular flexibility index (Phi) is 6.03. The normalized spacial score (nSPS) is 15.0. The number of hydrogen-bond acceptors (Lipinski definition) is 5. The molecule has 0 unspecified atom stereocenters. The van der Waals surface area contributed by atoms with E-state index in [2.05, 4.69) is 10.3 Å². The van der Waals surface area contributed by atoms with Gasteiger partial charge in [0.05, 0.1) is 12.2 Å². The summed E-state index contributed by atoms with van der Waals surface area (Å²) >= 11 is 0. The Bertz CT molecular complexity index is 911. The minimum atomic E-state index is -0.484. The van der Waals surface area contributed by atoms with E-state index in [1.165, 1.54) is 0 Å². The molecule has 27 heavy (non-hydrogen) atoms. The highest BCUT2D eigenvalue weighted by Crippen LogP contribution is 2.32. The van der Waals surface area contributed by atoms with E-state index in [4.69, 9.17) is 9.84 Å². The molecule has 7 nitrogen and oxygen atoms in total. The van der Waals surface area contributed by atoms with Crippen LogP contribution in [0.3, 0.4) is 0 Å². The van der Waals surface area contributed by atoms with E-state index in [0.29, 0.717) is 48.5 Å². The highest BCUT2D eigenvalue weighted by atomic mass is 16.5. The van der Waals surface area contributed by atoms with E-state index in [9.17, 15) is 9.59 Å². The SMILES string of the molecule is C/C(C1=CCCCO1)=C(\C(=O)NC=O)c1cn(CCCO)c2ncccc12. The number of nitrogens with one attached hydrogen (secondary N) is 1. The molecule has 3 rings (SSSR count). The Hall–Kier alpha value is -2.93. The van der Waals surface area contributed by atoms with Crippen LogP contribution >= 0.6 is 0 Å². The highest BCUT2D eigenvalue weighted by Gasteiger charge is 2.23. The van der Waals surface area contributed by atoms with Crippen LogP contribution in [0.5, 0.6) is 0 Å². The van der Waals surface area contributed by atoms with Gasteiger partial charge in [-0.3, -0.25) is 14.9 Å². The van der Waals surface area contributed by atoms with Gasteiger partial charge < -0.3 is 14.4 Å². The van der Waals surface area contributed by atoms with Crippen molar-refractivity contribution < 1.29 is 19.4 Å². The number of rotatable bonds is 7. The number of aliphatic hydroxyl groups excluding tert-OH is 1. The van der Waals surface area contributed by atoms with Crippen molar-refractivity contribution in [3.63, 3.8) is 0 Å². The van der Waals surface area contributed by atoms with Gasteiger partial charge in [-0.15, -0.1) is 0 Å². The summed E-state index contributed by atoms with van der Waals surface area (Å²) in [5.41, 5.74) is 2.47. The van der Waals surface area contributed by atoms with Crippen LogP contribution in [-0.2, 0) is 20.9 Å². The molecular formula is C20H23N3O4. The molecule has 2 N–H and O–H groups in total. The number of carbonyl (C=O) groups is 2. The highest BCUT2D eigenvalue weighted by molar-refractivity contribution is 6.26. The minimum Gasteiger partial charge on any atom is -0.494 e. The molecule has 142 valence electrons. The van der Waals surface area contributed by atoms with Crippen molar-refractivity contribution in [3.8, 4) is 0 Å². The molecule has 3 heterocycles. The zero-order chi connectivity index (χ0) is 19.2. The van der Waals surface area contributed by atoms with Crippen LogP contribution in [-0.4, -0.2) is 40.2 Å². The smallest absolute Gasteiger partial charge is 0.258 e.